The molecule has 8 heteroatoms. The summed E-state index contributed by atoms with van der Waals surface area (Å²) >= 11 is 5.92. The van der Waals surface area contributed by atoms with Crippen LogP contribution in [0.4, 0.5) is 13.6 Å². The Bertz CT molecular complexity index is 937. The number of hydrogen-bond acceptors (Lipinski definition) is 2. The van der Waals surface area contributed by atoms with Gasteiger partial charge in [0.05, 0.1) is 11.1 Å². The zero-order valence-electron chi connectivity index (χ0n) is 14.1. The Kier molecular flexibility index (Phi) is 4.47. The van der Waals surface area contributed by atoms with Gasteiger partial charge in [0, 0.05) is 12.5 Å². The van der Waals surface area contributed by atoms with Crippen LogP contribution in [0.2, 0.25) is 5.02 Å². The molecular weight excluding hydrogens is 376 g/mol. The molecule has 1 aliphatic heterocycles. The molecule has 3 atom stereocenters. The van der Waals surface area contributed by atoms with Crippen molar-refractivity contribution in [2.75, 3.05) is 6.54 Å². The van der Waals surface area contributed by atoms with E-state index in [4.69, 9.17) is 11.6 Å². The van der Waals surface area contributed by atoms with Gasteiger partial charge in [0.25, 0.3) is 0 Å². The van der Waals surface area contributed by atoms with E-state index < -0.39 is 23.9 Å². The van der Waals surface area contributed by atoms with Gasteiger partial charge in [-0.05, 0) is 47.4 Å². The molecule has 3 amide bonds. The molecule has 140 valence electrons. The van der Waals surface area contributed by atoms with E-state index in [1.165, 1.54) is 24.3 Å². The molecule has 1 heterocycles. The van der Waals surface area contributed by atoms with Crippen molar-refractivity contribution in [2.45, 2.75) is 24.4 Å². The molecule has 1 aliphatic carbocycles. The Balaban J connectivity index is 1.64. The Morgan fingerprint density at radius 1 is 1.22 bits per heavy atom. The zero-order valence-corrected chi connectivity index (χ0v) is 14.8. The van der Waals surface area contributed by atoms with E-state index in [-0.39, 0.29) is 29.2 Å². The van der Waals surface area contributed by atoms with Gasteiger partial charge in [0.1, 0.15) is 17.7 Å². The number of amides is 3. The van der Waals surface area contributed by atoms with Crippen LogP contribution >= 0.6 is 11.6 Å². The first kappa shape index (κ1) is 17.7. The van der Waals surface area contributed by atoms with Crippen LogP contribution in [-0.4, -0.2) is 24.5 Å². The lowest BCUT2D eigenvalue weighted by Crippen LogP contribution is -2.46. The van der Waals surface area contributed by atoms with Gasteiger partial charge in [0.15, 0.2) is 0 Å². The van der Waals surface area contributed by atoms with Gasteiger partial charge in [-0.1, -0.05) is 23.7 Å². The molecule has 2 aromatic carbocycles. The van der Waals surface area contributed by atoms with E-state index in [1.54, 1.807) is 12.1 Å². The molecule has 1 fully saturated rings. The lowest BCUT2D eigenvalue weighted by molar-refractivity contribution is -0.123. The SMILES string of the molecule is O=C1NC[C@@H](C(=O)NC(c2ccc(F)c(Cl)c2)C2Cc3ccc(F)cc32)N1. The lowest BCUT2D eigenvalue weighted by Gasteiger charge is -2.37. The molecule has 1 saturated heterocycles. The predicted molar refractivity (Wildman–Crippen MR) is 95.5 cm³/mol. The second kappa shape index (κ2) is 6.81. The summed E-state index contributed by atoms with van der Waals surface area (Å²) in [6, 6.07) is 7.18. The van der Waals surface area contributed by atoms with Crippen LogP contribution in [0.1, 0.15) is 28.7 Å². The van der Waals surface area contributed by atoms with Gasteiger partial charge in [-0.2, -0.15) is 0 Å². The highest BCUT2D eigenvalue weighted by Crippen LogP contribution is 2.44. The predicted octanol–water partition coefficient (Wildman–Crippen LogP) is 2.80. The van der Waals surface area contributed by atoms with E-state index in [2.05, 4.69) is 16.0 Å². The molecule has 4 rings (SSSR count). The van der Waals surface area contributed by atoms with E-state index >= 15 is 0 Å². The molecule has 2 unspecified atom stereocenters. The molecular formula is C19H16ClF2N3O2. The van der Waals surface area contributed by atoms with Crippen LogP contribution in [0.5, 0.6) is 0 Å². The van der Waals surface area contributed by atoms with Crippen molar-refractivity contribution < 1.29 is 18.4 Å². The Morgan fingerprint density at radius 2 is 2.04 bits per heavy atom. The topological polar surface area (TPSA) is 70.2 Å². The zero-order chi connectivity index (χ0) is 19.1. The Labute approximate surface area is 159 Å². The summed E-state index contributed by atoms with van der Waals surface area (Å²) in [6.45, 7) is 0.178. The maximum absolute atomic E-state index is 13.7. The third-order valence-electron chi connectivity index (χ3n) is 5.04. The summed E-state index contributed by atoms with van der Waals surface area (Å²) in [5.74, 6) is -1.46. The minimum atomic E-state index is -0.706. The number of fused-ring (bicyclic) bond motifs is 1. The molecule has 2 aromatic rings. The molecule has 2 aliphatic rings. The van der Waals surface area contributed by atoms with Gasteiger partial charge in [-0.3, -0.25) is 4.79 Å². The van der Waals surface area contributed by atoms with Gasteiger partial charge in [-0.15, -0.1) is 0 Å². The highest BCUT2D eigenvalue weighted by atomic mass is 35.5. The van der Waals surface area contributed by atoms with Crippen molar-refractivity contribution in [3.05, 3.63) is 69.7 Å². The standard InChI is InChI=1S/C19H16ClF2N3O2/c20-14-6-10(2-4-15(14)22)17(25-18(26)16-8-23-19(27)24-16)13-5-9-1-3-11(21)7-12(9)13/h1-4,6-7,13,16-17H,5,8H2,(H,25,26)(H2,23,24,27)/t13?,16-,17?/m0/s1. The van der Waals surface area contributed by atoms with Gasteiger partial charge >= 0.3 is 6.03 Å². The third-order valence-corrected chi connectivity index (χ3v) is 5.33. The van der Waals surface area contributed by atoms with Gasteiger partial charge in [0.2, 0.25) is 5.91 Å². The summed E-state index contributed by atoms with van der Waals surface area (Å²) in [4.78, 5) is 23.9. The number of benzene rings is 2. The summed E-state index contributed by atoms with van der Waals surface area (Å²) in [5.41, 5.74) is 2.42. The fourth-order valence-corrected chi connectivity index (χ4v) is 3.79. The van der Waals surface area contributed by atoms with Crippen LogP contribution in [0.25, 0.3) is 0 Å². The molecule has 27 heavy (non-hydrogen) atoms. The van der Waals surface area contributed by atoms with Crippen LogP contribution < -0.4 is 16.0 Å². The number of nitrogens with one attached hydrogen (secondary N) is 3. The van der Waals surface area contributed by atoms with Crippen LogP contribution in [0, 0.1) is 11.6 Å². The second-order valence-electron chi connectivity index (χ2n) is 6.72. The first-order valence-corrected chi connectivity index (χ1v) is 8.88. The highest BCUT2D eigenvalue weighted by Gasteiger charge is 2.37. The highest BCUT2D eigenvalue weighted by molar-refractivity contribution is 6.30. The number of carbonyl (C=O) groups excluding carboxylic acids is 2. The van der Waals surface area contributed by atoms with E-state index in [1.807, 2.05) is 0 Å². The summed E-state index contributed by atoms with van der Waals surface area (Å²) in [6.07, 6.45) is 0.644. The smallest absolute Gasteiger partial charge is 0.315 e. The van der Waals surface area contributed by atoms with Crippen molar-refractivity contribution in [3.8, 4) is 0 Å². The molecule has 3 N–H and O–H groups in total. The summed E-state index contributed by atoms with van der Waals surface area (Å²) in [5, 5.41) is 7.91. The molecule has 0 spiro atoms. The molecule has 0 bridgehead atoms. The van der Waals surface area contributed by atoms with Crippen molar-refractivity contribution >= 4 is 23.5 Å². The fraction of sp³-hybridized carbons (Fsp3) is 0.263. The van der Waals surface area contributed by atoms with Crippen LogP contribution in [0.3, 0.4) is 0 Å². The van der Waals surface area contributed by atoms with Crippen LogP contribution in [0.15, 0.2) is 36.4 Å². The average molecular weight is 392 g/mol. The minimum Gasteiger partial charge on any atom is -0.347 e. The molecule has 0 radical (unpaired) electrons. The normalized spacial score (nSPS) is 21.5. The monoisotopic (exact) mass is 391 g/mol. The molecule has 0 aromatic heterocycles. The lowest BCUT2D eigenvalue weighted by atomic mass is 9.71. The first-order valence-electron chi connectivity index (χ1n) is 8.50. The van der Waals surface area contributed by atoms with E-state index in [0.29, 0.717) is 12.0 Å². The molecule has 0 saturated carbocycles. The summed E-state index contributed by atoms with van der Waals surface area (Å²) < 4.78 is 27.3. The summed E-state index contributed by atoms with van der Waals surface area (Å²) in [7, 11) is 0. The number of halogens is 3. The van der Waals surface area contributed by atoms with Crippen molar-refractivity contribution in [2.24, 2.45) is 0 Å². The number of carbonyl (C=O) groups is 2. The van der Waals surface area contributed by atoms with Gasteiger partial charge < -0.3 is 16.0 Å². The van der Waals surface area contributed by atoms with E-state index in [0.717, 1.165) is 11.1 Å². The third kappa shape index (κ3) is 3.35. The van der Waals surface area contributed by atoms with Crippen LogP contribution in [-0.2, 0) is 11.2 Å². The van der Waals surface area contributed by atoms with Crippen molar-refractivity contribution in [1.29, 1.82) is 0 Å². The van der Waals surface area contributed by atoms with E-state index in [9.17, 15) is 18.4 Å². The quantitative estimate of drug-likeness (QED) is 0.750. The Morgan fingerprint density at radius 3 is 2.74 bits per heavy atom. The fourth-order valence-electron chi connectivity index (χ4n) is 3.60. The van der Waals surface area contributed by atoms with Gasteiger partial charge in [-0.25, -0.2) is 13.6 Å². The minimum absolute atomic E-state index is 0.0543. The number of urea groups is 1. The maximum atomic E-state index is 13.7. The first-order chi connectivity index (χ1) is 12.9. The maximum Gasteiger partial charge on any atom is 0.315 e. The Hall–Kier alpha value is -2.67. The second-order valence-corrected chi connectivity index (χ2v) is 7.13. The largest absolute Gasteiger partial charge is 0.347 e. The van der Waals surface area contributed by atoms with Crippen molar-refractivity contribution in [1.82, 2.24) is 16.0 Å². The number of rotatable bonds is 4. The number of hydrogen-bond donors (Lipinski definition) is 3. The van der Waals surface area contributed by atoms with Crippen molar-refractivity contribution in [3.63, 3.8) is 0 Å². The molecule has 5 nitrogen and oxygen atoms in total. The average Bonchev–Trinajstić information content (AvgIpc) is 3.06.